The predicted octanol–water partition coefficient (Wildman–Crippen LogP) is 0.947. The molecule has 0 bridgehead atoms. The van der Waals surface area contributed by atoms with Crippen molar-refractivity contribution in [2.45, 2.75) is 44.6 Å². The third-order valence-corrected chi connectivity index (χ3v) is 3.85. The van der Waals surface area contributed by atoms with E-state index < -0.39 is 5.69 Å². The molecule has 3 rings (SSSR count). The van der Waals surface area contributed by atoms with E-state index in [9.17, 15) is 9.59 Å². The number of aromatic nitrogens is 2. The Morgan fingerprint density at radius 2 is 1.82 bits per heavy atom. The van der Waals surface area contributed by atoms with Gasteiger partial charge in [-0.1, -0.05) is 19.3 Å². The van der Waals surface area contributed by atoms with Crippen LogP contribution in [-0.2, 0) is 6.42 Å². The highest BCUT2D eigenvalue weighted by Gasteiger charge is 2.33. The van der Waals surface area contributed by atoms with Crippen LogP contribution in [0.2, 0.25) is 0 Å². The topological polar surface area (TPSA) is 75.0 Å². The molecule has 5 heteroatoms. The van der Waals surface area contributed by atoms with Gasteiger partial charge in [0.2, 0.25) is 5.88 Å². The Morgan fingerprint density at radius 3 is 2.59 bits per heavy atom. The molecule has 2 aliphatic rings. The summed E-state index contributed by atoms with van der Waals surface area (Å²) < 4.78 is 5.73. The molecule has 1 aromatic heterocycles. The van der Waals surface area contributed by atoms with Gasteiger partial charge in [-0.25, -0.2) is 4.79 Å². The molecule has 1 aromatic rings. The third-order valence-electron chi connectivity index (χ3n) is 3.85. The lowest BCUT2D eigenvalue weighted by atomic mass is 9.84. The van der Waals surface area contributed by atoms with Gasteiger partial charge in [0.1, 0.15) is 6.10 Å². The first-order chi connectivity index (χ1) is 8.24. The van der Waals surface area contributed by atoms with Gasteiger partial charge >= 0.3 is 5.69 Å². The van der Waals surface area contributed by atoms with Crippen LogP contribution in [0.5, 0.6) is 5.88 Å². The van der Waals surface area contributed by atoms with E-state index in [0.29, 0.717) is 23.8 Å². The SMILES string of the molecule is O=c1[nH]c2c(c(=O)[nH]1)C[C@H](C1CCCCC1)O2. The Kier molecular flexibility index (Phi) is 2.53. The summed E-state index contributed by atoms with van der Waals surface area (Å²) in [4.78, 5) is 27.6. The molecule has 0 unspecified atom stereocenters. The van der Waals surface area contributed by atoms with Crippen molar-refractivity contribution in [2.24, 2.45) is 5.92 Å². The molecule has 1 atom stereocenters. The summed E-state index contributed by atoms with van der Waals surface area (Å²) in [6.07, 6.45) is 6.83. The number of fused-ring (bicyclic) bond motifs is 1. The maximum absolute atomic E-state index is 11.6. The number of rotatable bonds is 1. The Balaban J connectivity index is 1.85. The molecule has 1 aliphatic carbocycles. The Bertz CT molecular complexity index is 525. The highest BCUT2D eigenvalue weighted by atomic mass is 16.5. The normalized spacial score (nSPS) is 24.4. The summed E-state index contributed by atoms with van der Waals surface area (Å²) in [6, 6.07) is 0. The Labute approximate surface area is 98.2 Å². The first kappa shape index (κ1) is 10.6. The molecule has 1 aliphatic heterocycles. The minimum Gasteiger partial charge on any atom is -0.475 e. The lowest BCUT2D eigenvalue weighted by molar-refractivity contribution is 0.124. The van der Waals surface area contributed by atoms with Crippen molar-refractivity contribution >= 4 is 0 Å². The molecule has 92 valence electrons. The molecule has 5 nitrogen and oxygen atoms in total. The van der Waals surface area contributed by atoms with Crippen LogP contribution in [0.3, 0.4) is 0 Å². The van der Waals surface area contributed by atoms with Gasteiger partial charge in [-0.2, -0.15) is 0 Å². The second-order valence-electron chi connectivity index (χ2n) is 4.97. The van der Waals surface area contributed by atoms with Crippen LogP contribution in [0, 0.1) is 5.92 Å². The van der Waals surface area contributed by atoms with Crippen LogP contribution >= 0.6 is 0 Å². The van der Waals surface area contributed by atoms with E-state index in [-0.39, 0.29) is 11.7 Å². The van der Waals surface area contributed by atoms with Crippen molar-refractivity contribution in [2.75, 3.05) is 0 Å². The second kappa shape index (κ2) is 4.05. The zero-order valence-electron chi connectivity index (χ0n) is 9.62. The number of hydrogen-bond donors (Lipinski definition) is 2. The third kappa shape index (κ3) is 1.90. The molecular formula is C12H16N2O3. The van der Waals surface area contributed by atoms with E-state index in [1.165, 1.54) is 32.1 Å². The maximum atomic E-state index is 11.6. The molecule has 0 radical (unpaired) electrons. The van der Waals surface area contributed by atoms with Crippen molar-refractivity contribution in [3.8, 4) is 5.88 Å². The molecule has 0 spiro atoms. The minimum atomic E-state index is -0.488. The van der Waals surface area contributed by atoms with Crippen LogP contribution in [0.25, 0.3) is 0 Å². The lowest BCUT2D eigenvalue weighted by Crippen LogP contribution is -2.27. The fourth-order valence-corrected chi connectivity index (χ4v) is 2.94. The van der Waals surface area contributed by atoms with Crippen molar-refractivity contribution in [3.05, 3.63) is 26.4 Å². The molecule has 0 aromatic carbocycles. The summed E-state index contributed by atoms with van der Waals surface area (Å²) in [5, 5.41) is 0. The molecule has 1 fully saturated rings. The lowest BCUT2D eigenvalue weighted by Gasteiger charge is -2.26. The van der Waals surface area contributed by atoms with Crippen molar-refractivity contribution in [3.63, 3.8) is 0 Å². The molecule has 2 N–H and O–H groups in total. The van der Waals surface area contributed by atoms with Gasteiger partial charge in [0.05, 0.1) is 5.56 Å². The van der Waals surface area contributed by atoms with Crippen molar-refractivity contribution < 1.29 is 4.74 Å². The van der Waals surface area contributed by atoms with Gasteiger partial charge in [0.25, 0.3) is 5.56 Å². The quantitative estimate of drug-likeness (QED) is 0.762. The standard InChI is InChI=1S/C12H16N2O3/c15-10-8-6-9(7-4-2-1-3-5-7)17-11(8)14-12(16)13-10/h7,9H,1-6H2,(H2,13,14,15,16)/t9-/m1/s1. The van der Waals surface area contributed by atoms with Gasteiger partial charge in [-0.15, -0.1) is 0 Å². The molecule has 17 heavy (non-hydrogen) atoms. The largest absolute Gasteiger partial charge is 0.475 e. The number of nitrogens with one attached hydrogen (secondary N) is 2. The zero-order valence-corrected chi connectivity index (χ0v) is 9.62. The highest BCUT2D eigenvalue weighted by molar-refractivity contribution is 5.28. The van der Waals surface area contributed by atoms with E-state index in [1.54, 1.807) is 0 Å². The average molecular weight is 236 g/mol. The van der Waals surface area contributed by atoms with E-state index in [2.05, 4.69) is 9.97 Å². The van der Waals surface area contributed by atoms with Gasteiger partial charge in [-0.05, 0) is 18.8 Å². The monoisotopic (exact) mass is 236 g/mol. The first-order valence-corrected chi connectivity index (χ1v) is 6.26. The summed E-state index contributed by atoms with van der Waals surface area (Å²) in [7, 11) is 0. The molecule has 1 saturated carbocycles. The number of aromatic amines is 2. The fraction of sp³-hybridized carbons (Fsp3) is 0.667. The number of hydrogen-bond acceptors (Lipinski definition) is 3. The van der Waals surface area contributed by atoms with Gasteiger partial charge < -0.3 is 4.74 Å². The summed E-state index contributed by atoms with van der Waals surface area (Å²) >= 11 is 0. The molecular weight excluding hydrogens is 220 g/mol. The smallest absolute Gasteiger partial charge is 0.328 e. The van der Waals surface area contributed by atoms with Crippen LogP contribution in [0.15, 0.2) is 9.59 Å². The average Bonchev–Trinajstić information content (AvgIpc) is 2.74. The second-order valence-corrected chi connectivity index (χ2v) is 4.97. The van der Waals surface area contributed by atoms with Crippen molar-refractivity contribution in [1.82, 2.24) is 9.97 Å². The van der Waals surface area contributed by atoms with Gasteiger partial charge in [0.15, 0.2) is 0 Å². The van der Waals surface area contributed by atoms with Gasteiger partial charge in [0, 0.05) is 6.42 Å². The number of H-pyrrole nitrogens is 2. The van der Waals surface area contributed by atoms with E-state index in [1.807, 2.05) is 0 Å². The predicted molar refractivity (Wildman–Crippen MR) is 62.4 cm³/mol. The van der Waals surface area contributed by atoms with Gasteiger partial charge in [-0.3, -0.25) is 14.8 Å². The summed E-state index contributed by atoms with van der Waals surface area (Å²) in [6.45, 7) is 0. The van der Waals surface area contributed by atoms with E-state index >= 15 is 0 Å². The maximum Gasteiger partial charge on any atom is 0.328 e. The minimum absolute atomic E-state index is 0.0736. The van der Waals surface area contributed by atoms with Crippen molar-refractivity contribution in [1.29, 1.82) is 0 Å². The van der Waals surface area contributed by atoms with E-state index in [0.717, 1.165) is 0 Å². The summed E-state index contributed by atoms with van der Waals surface area (Å²) in [5.74, 6) is 0.911. The van der Waals surface area contributed by atoms with Crippen LogP contribution < -0.4 is 16.0 Å². The summed E-state index contributed by atoms with van der Waals surface area (Å²) in [5.41, 5.74) is -0.194. The van der Waals surface area contributed by atoms with Crippen LogP contribution in [0.4, 0.5) is 0 Å². The van der Waals surface area contributed by atoms with E-state index in [4.69, 9.17) is 4.74 Å². The van der Waals surface area contributed by atoms with Crippen LogP contribution in [0.1, 0.15) is 37.7 Å². The number of ether oxygens (including phenoxy) is 1. The Morgan fingerprint density at radius 1 is 1.06 bits per heavy atom. The molecule has 2 heterocycles. The first-order valence-electron chi connectivity index (χ1n) is 6.26. The van der Waals surface area contributed by atoms with Crippen LogP contribution in [-0.4, -0.2) is 16.1 Å². The fourth-order valence-electron chi connectivity index (χ4n) is 2.94. The molecule has 0 amide bonds. The zero-order chi connectivity index (χ0) is 11.8. The highest BCUT2D eigenvalue weighted by Crippen LogP contribution is 2.34. The Hall–Kier alpha value is -1.52. The molecule has 0 saturated heterocycles.